The maximum atomic E-state index is 13.5. The number of nitro groups is 1. The van der Waals surface area contributed by atoms with Gasteiger partial charge in [-0.05, 0) is 36.7 Å². The first-order valence-corrected chi connectivity index (χ1v) is 16.9. The summed E-state index contributed by atoms with van der Waals surface area (Å²) in [4.78, 5) is 32.3. The first-order valence-electron chi connectivity index (χ1n) is 13.2. The van der Waals surface area contributed by atoms with Crippen molar-refractivity contribution < 1.29 is 23.6 Å². The zero-order valence-electron chi connectivity index (χ0n) is 23.7. The number of non-ortho nitro benzene ring substituents is 1. The van der Waals surface area contributed by atoms with Gasteiger partial charge in [0.15, 0.2) is 0 Å². The molecule has 0 aliphatic carbocycles. The van der Waals surface area contributed by atoms with Crippen molar-refractivity contribution in [3.8, 4) is 17.0 Å². The maximum Gasteiger partial charge on any atom is 0.273 e. The van der Waals surface area contributed by atoms with E-state index in [4.69, 9.17) is 15.2 Å². The van der Waals surface area contributed by atoms with Gasteiger partial charge in [-0.1, -0.05) is 31.8 Å². The van der Waals surface area contributed by atoms with Crippen LogP contribution in [0.1, 0.15) is 28.9 Å². The van der Waals surface area contributed by atoms with Gasteiger partial charge in [-0.25, -0.2) is 14.1 Å². The van der Waals surface area contributed by atoms with Crippen molar-refractivity contribution in [2.24, 2.45) is 5.73 Å². The second kappa shape index (κ2) is 12.9. The molecule has 4 rings (SSSR count). The van der Waals surface area contributed by atoms with Gasteiger partial charge in [0.1, 0.15) is 47.3 Å². The Morgan fingerprint density at radius 1 is 1.19 bits per heavy atom. The lowest BCUT2D eigenvalue weighted by molar-refractivity contribution is -0.384. The van der Waals surface area contributed by atoms with Crippen LogP contribution < -0.4 is 15.8 Å². The van der Waals surface area contributed by atoms with Gasteiger partial charge >= 0.3 is 0 Å². The highest BCUT2D eigenvalue weighted by atomic mass is 28.3. The zero-order chi connectivity index (χ0) is 30.4. The molecule has 0 fully saturated rings. The SMILES string of the molecule is C[C@@H](Oc1cc([N+](=O)[O-])ccc1-c1nn(COCC[Si](C)(C)C)c(Nc2cnccn2)c1C(N)=O)c1ccc(F)cc1. The lowest BCUT2D eigenvalue weighted by Gasteiger charge is -2.17. The molecule has 0 aliphatic rings. The second-order valence-electron chi connectivity index (χ2n) is 10.7. The Kier molecular flexibility index (Phi) is 9.27. The summed E-state index contributed by atoms with van der Waals surface area (Å²) in [5.74, 6) is -0.588. The highest BCUT2D eigenvalue weighted by Gasteiger charge is 2.28. The smallest absolute Gasteiger partial charge is 0.273 e. The summed E-state index contributed by atoms with van der Waals surface area (Å²) in [6.45, 7) is 8.90. The summed E-state index contributed by atoms with van der Waals surface area (Å²) in [7, 11) is -1.37. The van der Waals surface area contributed by atoms with Gasteiger partial charge in [-0.3, -0.25) is 19.9 Å². The fourth-order valence-electron chi connectivity index (χ4n) is 4.03. The van der Waals surface area contributed by atoms with Crippen molar-refractivity contribution in [2.75, 3.05) is 11.9 Å². The number of primary amides is 1. The van der Waals surface area contributed by atoms with Gasteiger partial charge < -0.3 is 20.5 Å². The Balaban J connectivity index is 1.81. The molecule has 1 amide bonds. The number of carbonyl (C=O) groups is 1. The van der Waals surface area contributed by atoms with Crippen LogP contribution in [0, 0.1) is 15.9 Å². The molecule has 0 saturated heterocycles. The van der Waals surface area contributed by atoms with E-state index >= 15 is 0 Å². The molecule has 14 heteroatoms. The van der Waals surface area contributed by atoms with E-state index in [1.165, 1.54) is 53.6 Å². The van der Waals surface area contributed by atoms with Crippen molar-refractivity contribution in [2.45, 2.75) is 45.4 Å². The summed E-state index contributed by atoms with van der Waals surface area (Å²) in [6, 6.07) is 10.6. The van der Waals surface area contributed by atoms with Crippen LogP contribution in [-0.2, 0) is 11.5 Å². The molecule has 42 heavy (non-hydrogen) atoms. The molecular formula is C28H32FN7O5Si. The minimum atomic E-state index is -1.37. The number of nitro benzene ring substituents is 1. The Morgan fingerprint density at radius 3 is 2.55 bits per heavy atom. The van der Waals surface area contributed by atoms with E-state index in [-0.39, 0.29) is 40.8 Å². The molecule has 2 aromatic heterocycles. The first-order chi connectivity index (χ1) is 19.9. The van der Waals surface area contributed by atoms with Crippen LogP contribution in [0.5, 0.6) is 5.75 Å². The van der Waals surface area contributed by atoms with Crippen molar-refractivity contribution in [3.05, 3.63) is 88.1 Å². The van der Waals surface area contributed by atoms with Gasteiger partial charge in [-0.15, -0.1) is 0 Å². The minimum Gasteiger partial charge on any atom is -0.485 e. The molecule has 0 aliphatic heterocycles. The summed E-state index contributed by atoms with van der Waals surface area (Å²) in [5.41, 5.74) is 6.69. The van der Waals surface area contributed by atoms with Crippen LogP contribution in [0.25, 0.3) is 11.3 Å². The number of hydrogen-bond acceptors (Lipinski definition) is 9. The van der Waals surface area contributed by atoms with Crippen LogP contribution in [0.2, 0.25) is 25.7 Å². The largest absolute Gasteiger partial charge is 0.485 e. The highest BCUT2D eigenvalue weighted by molar-refractivity contribution is 6.76. The average molecular weight is 594 g/mol. The number of halogens is 1. The van der Waals surface area contributed by atoms with E-state index in [9.17, 15) is 19.3 Å². The normalized spacial score (nSPS) is 12.1. The van der Waals surface area contributed by atoms with Gasteiger partial charge in [0.25, 0.3) is 11.6 Å². The summed E-state index contributed by atoms with van der Waals surface area (Å²) < 4.78 is 27.0. The molecule has 220 valence electrons. The standard InChI is InChI=1S/C28H32FN7O5Si/c1-18(19-5-7-20(29)8-6-19)41-23-15-21(36(38)39)9-10-22(23)26-25(27(30)37)28(33-24-16-31-11-12-32-24)35(34-26)17-40-13-14-42(2,3)4/h5-12,15-16,18H,13-14,17H2,1-4H3,(H2,30,37)(H,32,33)/t18-/m1/s1. The molecule has 0 unspecified atom stereocenters. The van der Waals surface area contributed by atoms with Gasteiger partial charge in [-0.2, -0.15) is 5.10 Å². The van der Waals surface area contributed by atoms with Crippen LogP contribution in [0.3, 0.4) is 0 Å². The molecule has 0 bridgehead atoms. The molecule has 4 aromatic rings. The second-order valence-corrected chi connectivity index (χ2v) is 16.4. The quantitative estimate of drug-likeness (QED) is 0.0860. The number of anilines is 2. The van der Waals surface area contributed by atoms with E-state index in [2.05, 4.69) is 40.0 Å². The molecule has 2 aromatic carbocycles. The topological polar surface area (TPSA) is 160 Å². The lowest BCUT2D eigenvalue weighted by atomic mass is 10.0. The first kappa shape index (κ1) is 30.3. The van der Waals surface area contributed by atoms with E-state index in [0.29, 0.717) is 18.0 Å². The number of nitrogens with one attached hydrogen (secondary N) is 1. The molecule has 0 radical (unpaired) electrons. The van der Waals surface area contributed by atoms with Crippen LogP contribution in [0.4, 0.5) is 21.7 Å². The van der Waals surface area contributed by atoms with E-state index < -0.39 is 30.8 Å². The molecule has 2 heterocycles. The lowest BCUT2D eigenvalue weighted by Crippen LogP contribution is -2.22. The Hall–Kier alpha value is -4.69. The van der Waals surface area contributed by atoms with Crippen LogP contribution >= 0.6 is 0 Å². The number of rotatable bonds is 13. The average Bonchev–Trinajstić information content (AvgIpc) is 3.29. The molecule has 1 atom stereocenters. The van der Waals surface area contributed by atoms with E-state index in [1.807, 2.05) is 0 Å². The number of amides is 1. The highest BCUT2D eigenvalue weighted by Crippen LogP contribution is 2.39. The fraction of sp³-hybridized carbons (Fsp3) is 0.286. The molecule has 3 N–H and O–H groups in total. The van der Waals surface area contributed by atoms with E-state index in [1.54, 1.807) is 19.1 Å². The Morgan fingerprint density at radius 2 is 1.93 bits per heavy atom. The Labute approximate surface area is 242 Å². The van der Waals surface area contributed by atoms with Crippen molar-refractivity contribution >= 4 is 31.3 Å². The number of nitrogens with zero attached hydrogens (tertiary/aromatic N) is 5. The molecule has 12 nitrogen and oxygen atoms in total. The van der Waals surface area contributed by atoms with Gasteiger partial charge in [0, 0.05) is 38.7 Å². The van der Waals surface area contributed by atoms with Crippen molar-refractivity contribution in [1.82, 2.24) is 19.7 Å². The molecular weight excluding hydrogens is 561 g/mol. The number of ether oxygens (including phenoxy) is 2. The number of aromatic nitrogens is 4. The van der Waals surface area contributed by atoms with Crippen LogP contribution in [0.15, 0.2) is 61.1 Å². The predicted molar refractivity (Wildman–Crippen MR) is 158 cm³/mol. The van der Waals surface area contributed by atoms with Crippen molar-refractivity contribution in [3.63, 3.8) is 0 Å². The van der Waals surface area contributed by atoms with E-state index in [0.717, 1.165) is 6.04 Å². The number of hydrogen-bond donors (Lipinski definition) is 2. The predicted octanol–water partition coefficient (Wildman–Crippen LogP) is 5.68. The third-order valence-electron chi connectivity index (χ3n) is 6.29. The molecule has 0 saturated carbocycles. The summed E-state index contributed by atoms with van der Waals surface area (Å²) in [6.07, 6.45) is 3.83. The van der Waals surface area contributed by atoms with Crippen LogP contribution in [-0.4, -0.2) is 45.3 Å². The van der Waals surface area contributed by atoms with Gasteiger partial charge in [0.2, 0.25) is 0 Å². The summed E-state index contributed by atoms with van der Waals surface area (Å²) >= 11 is 0. The summed E-state index contributed by atoms with van der Waals surface area (Å²) in [5, 5.41) is 19.3. The number of nitrogens with two attached hydrogens (primary N) is 1. The molecule has 0 spiro atoms. The third kappa shape index (κ3) is 7.53. The zero-order valence-corrected chi connectivity index (χ0v) is 24.7. The maximum absolute atomic E-state index is 13.5. The number of benzene rings is 2. The van der Waals surface area contributed by atoms with Gasteiger partial charge in [0.05, 0.1) is 17.2 Å². The monoisotopic (exact) mass is 593 g/mol. The number of carbonyl (C=O) groups excluding carboxylic acids is 1. The Bertz CT molecular complexity index is 1560. The fourth-order valence-corrected chi connectivity index (χ4v) is 4.79. The van der Waals surface area contributed by atoms with Crippen molar-refractivity contribution in [1.29, 1.82) is 0 Å². The minimum absolute atomic E-state index is 0.00240. The third-order valence-corrected chi connectivity index (χ3v) is 8.00.